The van der Waals surface area contributed by atoms with Crippen molar-refractivity contribution in [3.8, 4) is 0 Å². The predicted octanol–water partition coefficient (Wildman–Crippen LogP) is 0.0584. The minimum atomic E-state index is -1.87. The van der Waals surface area contributed by atoms with Crippen molar-refractivity contribution in [3.05, 3.63) is 56.3 Å². The van der Waals surface area contributed by atoms with Crippen LogP contribution in [0.25, 0.3) is 22.2 Å². The van der Waals surface area contributed by atoms with Gasteiger partial charge in [-0.25, -0.2) is 14.4 Å². The van der Waals surface area contributed by atoms with Crippen LogP contribution in [0.1, 0.15) is 20.8 Å². The van der Waals surface area contributed by atoms with Crippen LogP contribution in [0.5, 0.6) is 0 Å². The average Bonchev–Trinajstić information content (AvgIpc) is 2.98. The number of esters is 4. The van der Waals surface area contributed by atoms with Gasteiger partial charge in [-0.3, -0.25) is 9.59 Å². The molecule has 0 bridgehead atoms. The van der Waals surface area contributed by atoms with Crippen molar-refractivity contribution in [2.75, 3.05) is 28.4 Å². The molecule has 2 aromatic rings. The van der Waals surface area contributed by atoms with Crippen molar-refractivity contribution in [1.82, 2.24) is 5.32 Å². The molecule has 3 rings (SSSR count). The fourth-order valence-corrected chi connectivity index (χ4v) is 4.06. The molecule has 196 valence electrons. The second kappa shape index (κ2) is 10.3. The van der Waals surface area contributed by atoms with E-state index in [0.717, 1.165) is 28.4 Å². The van der Waals surface area contributed by atoms with E-state index in [-0.39, 0.29) is 27.3 Å². The molecule has 1 N–H and O–H groups in total. The quantitative estimate of drug-likeness (QED) is 0.427. The fourth-order valence-electron chi connectivity index (χ4n) is 4.06. The molecule has 1 aliphatic rings. The summed E-state index contributed by atoms with van der Waals surface area (Å²) in [6.07, 6.45) is 0. The van der Waals surface area contributed by atoms with Gasteiger partial charge in [-0.05, 0) is 32.9 Å². The van der Waals surface area contributed by atoms with E-state index in [0.29, 0.717) is 0 Å². The van der Waals surface area contributed by atoms with Crippen LogP contribution in [0, 0.1) is 5.92 Å². The molecule has 0 amide bonds. The number of ether oxygens (including phenoxy) is 4. The Hall–Kier alpha value is -4.41. The summed E-state index contributed by atoms with van der Waals surface area (Å²) in [5.74, 6) is -6.30. The number of nitrogens with one attached hydrogen (secondary N) is 1. The topological polar surface area (TPSA) is 147 Å². The number of carbonyl (C=O) groups is 4. The second-order valence-corrected chi connectivity index (χ2v) is 9.01. The van der Waals surface area contributed by atoms with Gasteiger partial charge in [-0.15, -0.1) is 0 Å². The van der Waals surface area contributed by atoms with Gasteiger partial charge in [0.1, 0.15) is 11.5 Å². The van der Waals surface area contributed by atoms with Crippen LogP contribution in [0.4, 0.5) is 0 Å². The summed E-state index contributed by atoms with van der Waals surface area (Å²) >= 11 is 0. The Kier molecular flexibility index (Phi) is 7.56. The van der Waals surface area contributed by atoms with Crippen molar-refractivity contribution in [2.45, 2.75) is 26.3 Å². The van der Waals surface area contributed by atoms with Gasteiger partial charge >= 0.3 is 23.9 Å². The van der Waals surface area contributed by atoms with Crippen LogP contribution in [0.2, 0.25) is 0 Å². The first-order valence-electron chi connectivity index (χ1n) is 11.1. The van der Waals surface area contributed by atoms with Crippen LogP contribution < -0.4 is 21.4 Å². The molecule has 0 saturated carbocycles. The van der Waals surface area contributed by atoms with E-state index < -0.39 is 57.5 Å². The monoisotopic (exact) mass is 513 g/mol. The van der Waals surface area contributed by atoms with Crippen molar-refractivity contribution >= 4 is 46.1 Å². The molecule has 1 aliphatic carbocycles. The van der Waals surface area contributed by atoms with Gasteiger partial charge in [0.2, 0.25) is 5.43 Å². The number of hydrogen-bond acceptors (Lipinski definition) is 11. The number of benzene rings is 1. The summed E-state index contributed by atoms with van der Waals surface area (Å²) in [6, 6.07) is 6.22. The highest BCUT2D eigenvalue weighted by Crippen LogP contribution is 2.32. The van der Waals surface area contributed by atoms with Crippen LogP contribution in [0.3, 0.4) is 0 Å². The molecule has 0 spiro atoms. The first kappa shape index (κ1) is 27.2. The first-order valence-corrected chi connectivity index (χ1v) is 11.1. The lowest BCUT2D eigenvalue weighted by Crippen LogP contribution is -2.49. The van der Waals surface area contributed by atoms with E-state index in [1.54, 1.807) is 32.9 Å². The first-order chi connectivity index (χ1) is 17.4. The predicted molar refractivity (Wildman–Crippen MR) is 130 cm³/mol. The Morgan fingerprint density at radius 2 is 1.41 bits per heavy atom. The highest BCUT2D eigenvalue weighted by Gasteiger charge is 2.45. The molecular weight excluding hydrogens is 486 g/mol. The molecule has 1 heterocycles. The average molecular weight is 513 g/mol. The van der Waals surface area contributed by atoms with Gasteiger partial charge in [0.05, 0.1) is 61.5 Å². The highest BCUT2D eigenvalue weighted by molar-refractivity contribution is 6.22. The van der Waals surface area contributed by atoms with E-state index >= 15 is 0 Å². The molecular formula is C26H27NO10. The van der Waals surface area contributed by atoms with Gasteiger partial charge in [-0.2, -0.15) is 0 Å². The lowest BCUT2D eigenvalue weighted by molar-refractivity contribution is -0.147. The van der Waals surface area contributed by atoms with Crippen LogP contribution in [-0.2, 0) is 38.1 Å². The van der Waals surface area contributed by atoms with Crippen LogP contribution in [-0.4, -0.2) is 57.9 Å². The fraction of sp³-hybridized carbons (Fsp3) is 0.346. The van der Waals surface area contributed by atoms with E-state index in [1.165, 1.54) is 12.1 Å². The van der Waals surface area contributed by atoms with Crippen molar-refractivity contribution in [2.24, 2.45) is 5.92 Å². The van der Waals surface area contributed by atoms with Crippen molar-refractivity contribution in [3.63, 3.8) is 0 Å². The van der Waals surface area contributed by atoms with Gasteiger partial charge in [0.25, 0.3) is 0 Å². The largest absolute Gasteiger partial charge is 0.468 e. The standard InChI is InChI=1S/C26H27NO10/c1-26(2,3)27-19-16(24(31)35-6)14(22(29)33-4)15(23(30)34-5)17(25(32)36-7)21-18(19)20(28)12-10-8-9-11-13(12)37-21/h8-11,15,27H,1-7H3. The van der Waals surface area contributed by atoms with Gasteiger partial charge < -0.3 is 28.7 Å². The van der Waals surface area contributed by atoms with Crippen LogP contribution >= 0.6 is 0 Å². The number of methoxy groups -OCH3 is 4. The summed E-state index contributed by atoms with van der Waals surface area (Å²) < 4.78 is 25.8. The zero-order valence-corrected chi connectivity index (χ0v) is 21.5. The van der Waals surface area contributed by atoms with Crippen molar-refractivity contribution < 1.29 is 42.5 Å². The van der Waals surface area contributed by atoms with Gasteiger partial charge in [0, 0.05) is 5.54 Å². The number of fused-ring (bicyclic) bond motifs is 2. The molecule has 1 unspecified atom stereocenters. The number of rotatable bonds is 5. The molecule has 0 saturated heterocycles. The maximum Gasteiger partial charge on any atom is 0.340 e. The maximum absolute atomic E-state index is 13.9. The van der Waals surface area contributed by atoms with Gasteiger partial charge in [-0.1, -0.05) is 12.1 Å². The molecule has 0 radical (unpaired) electrons. The highest BCUT2D eigenvalue weighted by atomic mass is 16.5. The third kappa shape index (κ3) is 4.84. The third-order valence-electron chi connectivity index (χ3n) is 5.53. The zero-order chi connectivity index (χ0) is 27.7. The molecule has 11 heteroatoms. The summed E-state index contributed by atoms with van der Waals surface area (Å²) in [5.41, 5.74) is -3.54. The van der Waals surface area contributed by atoms with Crippen molar-refractivity contribution in [1.29, 1.82) is 0 Å². The number of para-hydroxylation sites is 1. The third-order valence-corrected chi connectivity index (χ3v) is 5.53. The molecule has 1 aromatic carbocycles. The molecule has 11 nitrogen and oxygen atoms in total. The van der Waals surface area contributed by atoms with E-state index in [1.807, 2.05) is 0 Å². The Balaban J connectivity index is 2.88. The summed E-state index contributed by atoms with van der Waals surface area (Å²) in [6.45, 7) is 5.22. The summed E-state index contributed by atoms with van der Waals surface area (Å²) in [4.78, 5) is 66.8. The van der Waals surface area contributed by atoms with Crippen LogP contribution in [0.15, 0.2) is 44.6 Å². The number of carbonyl (C=O) groups excluding carboxylic acids is 4. The lowest BCUT2D eigenvalue weighted by atomic mass is 9.87. The summed E-state index contributed by atoms with van der Waals surface area (Å²) in [5, 5.41) is 2.91. The van der Waals surface area contributed by atoms with E-state index in [4.69, 9.17) is 23.4 Å². The smallest absolute Gasteiger partial charge is 0.340 e. The Labute approximate surface area is 211 Å². The molecule has 1 atom stereocenters. The normalized spacial score (nSPS) is 15.5. The molecule has 0 aliphatic heterocycles. The Morgan fingerprint density at radius 1 is 0.838 bits per heavy atom. The van der Waals surface area contributed by atoms with Gasteiger partial charge in [0.15, 0.2) is 5.42 Å². The maximum atomic E-state index is 13.9. The van der Waals surface area contributed by atoms with E-state index in [9.17, 15) is 24.0 Å². The zero-order valence-electron chi connectivity index (χ0n) is 21.5. The Morgan fingerprint density at radius 3 is 1.95 bits per heavy atom. The lowest BCUT2D eigenvalue weighted by Gasteiger charge is -2.26. The molecule has 37 heavy (non-hydrogen) atoms. The minimum absolute atomic E-state index is 0.0903. The minimum Gasteiger partial charge on any atom is -0.468 e. The molecule has 0 fully saturated rings. The Bertz CT molecular complexity index is 1520. The van der Waals surface area contributed by atoms with E-state index in [2.05, 4.69) is 5.32 Å². The number of hydrogen-bond donors (Lipinski definition) is 1. The SMILES string of the molecule is COC(=O)C1=C(C(=O)OC)C(C(=O)OC)C(C(=O)OC)=c2oc3ccccc3c(=O)c2=C1NC(C)(C)C. The molecule has 1 aromatic heterocycles. The summed E-state index contributed by atoms with van der Waals surface area (Å²) in [7, 11) is 4.17. The second-order valence-electron chi connectivity index (χ2n) is 9.01.